The molecule has 1 aromatic carbocycles. The lowest BCUT2D eigenvalue weighted by Crippen LogP contribution is -2.46. The number of carbonyl (C=O) groups excluding carboxylic acids is 1. The van der Waals surface area contributed by atoms with E-state index in [-0.39, 0.29) is 24.3 Å². The zero-order valence-corrected chi connectivity index (χ0v) is 14.3. The predicted octanol–water partition coefficient (Wildman–Crippen LogP) is 2.09. The topological polar surface area (TPSA) is 98.7 Å². The van der Waals surface area contributed by atoms with Crippen molar-refractivity contribution in [3.05, 3.63) is 58.2 Å². The Labute approximate surface area is 148 Å². The summed E-state index contributed by atoms with van der Waals surface area (Å²) in [5, 5.41) is 4.87. The van der Waals surface area contributed by atoms with Gasteiger partial charge in [-0.1, -0.05) is 23.4 Å². The number of fused-ring (bicyclic) bond motifs is 1. The zero-order valence-electron chi connectivity index (χ0n) is 14.3. The molecule has 134 valence electrons. The molecule has 0 spiro atoms. The van der Waals surface area contributed by atoms with Crippen molar-refractivity contribution >= 4 is 16.7 Å². The van der Waals surface area contributed by atoms with Gasteiger partial charge in [0.2, 0.25) is 0 Å². The second-order valence-electron chi connectivity index (χ2n) is 6.31. The largest absolute Gasteiger partial charge is 0.417 e. The monoisotopic (exact) mass is 355 g/mol. The SMILES string of the molecule is Cc1noc([C@H]2CN(C(=O)c3cc4ccccc4c(=O)o3)C[C@@H](C)O2)n1. The summed E-state index contributed by atoms with van der Waals surface area (Å²) in [5.74, 6) is 0.458. The molecular weight excluding hydrogens is 338 g/mol. The highest BCUT2D eigenvalue weighted by atomic mass is 16.5. The van der Waals surface area contributed by atoms with Gasteiger partial charge < -0.3 is 18.6 Å². The number of hydrogen-bond donors (Lipinski definition) is 0. The van der Waals surface area contributed by atoms with Crippen LogP contribution in [0.5, 0.6) is 0 Å². The average molecular weight is 355 g/mol. The number of aromatic nitrogens is 2. The molecule has 3 aromatic rings. The molecule has 26 heavy (non-hydrogen) atoms. The van der Waals surface area contributed by atoms with Crippen molar-refractivity contribution in [3.63, 3.8) is 0 Å². The molecule has 2 aromatic heterocycles. The minimum Gasteiger partial charge on any atom is -0.417 e. The normalized spacial score (nSPS) is 20.5. The van der Waals surface area contributed by atoms with Gasteiger partial charge in [-0.25, -0.2) is 4.79 Å². The summed E-state index contributed by atoms with van der Waals surface area (Å²) in [6.07, 6.45) is -0.742. The molecule has 0 saturated carbocycles. The first-order chi connectivity index (χ1) is 12.5. The first-order valence-electron chi connectivity index (χ1n) is 8.29. The Bertz CT molecular complexity index is 1020. The van der Waals surface area contributed by atoms with Crippen molar-refractivity contribution in [1.82, 2.24) is 15.0 Å². The summed E-state index contributed by atoms with van der Waals surface area (Å²) >= 11 is 0. The maximum atomic E-state index is 12.9. The van der Waals surface area contributed by atoms with Crippen molar-refractivity contribution in [1.29, 1.82) is 0 Å². The third kappa shape index (κ3) is 2.99. The number of rotatable bonds is 2. The lowest BCUT2D eigenvalue weighted by molar-refractivity contribution is -0.0815. The smallest absolute Gasteiger partial charge is 0.344 e. The number of aryl methyl sites for hydroxylation is 1. The van der Waals surface area contributed by atoms with Crippen LogP contribution in [0.15, 0.2) is 44.1 Å². The molecule has 8 nitrogen and oxygen atoms in total. The first kappa shape index (κ1) is 16.5. The Kier molecular flexibility index (Phi) is 4.04. The Morgan fingerprint density at radius 3 is 2.85 bits per heavy atom. The average Bonchev–Trinajstić information content (AvgIpc) is 3.07. The third-order valence-electron chi connectivity index (χ3n) is 4.25. The van der Waals surface area contributed by atoms with E-state index in [1.807, 2.05) is 6.92 Å². The Morgan fingerprint density at radius 1 is 1.27 bits per heavy atom. The number of morpholine rings is 1. The second-order valence-corrected chi connectivity index (χ2v) is 6.31. The van der Waals surface area contributed by atoms with Gasteiger partial charge in [0.15, 0.2) is 17.7 Å². The molecule has 8 heteroatoms. The van der Waals surface area contributed by atoms with Crippen LogP contribution in [0.1, 0.15) is 35.3 Å². The third-order valence-corrected chi connectivity index (χ3v) is 4.25. The molecule has 0 N–H and O–H groups in total. The fraction of sp³-hybridized carbons (Fsp3) is 0.333. The van der Waals surface area contributed by atoms with Crippen LogP contribution >= 0.6 is 0 Å². The molecule has 0 radical (unpaired) electrons. The van der Waals surface area contributed by atoms with Gasteiger partial charge in [-0.3, -0.25) is 4.79 Å². The van der Waals surface area contributed by atoms with Gasteiger partial charge in [-0.05, 0) is 31.4 Å². The van der Waals surface area contributed by atoms with Gasteiger partial charge >= 0.3 is 5.63 Å². The number of carbonyl (C=O) groups is 1. The van der Waals surface area contributed by atoms with Crippen LogP contribution in [0, 0.1) is 6.92 Å². The Morgan fingerprint density at radius 2 is 2.08 bits per heavy atom. The number of amides is 1. The molecule has 1 saturated heterocycles. The second kappa shape index (κ2) is 6.38. The van der Waals surface area contributed by atoms with Gasteiger partial charge in [0, 0.05) is 6.54 Å². The van der Waals surface area contributed by atoms with Gasteiger partial charge in [-0.2, -0.15) is 4.98 Å². The number of nitrogens with zero attached hydrogens (tertiary/aromatic N) is 3. The summed E-state index contributed by atoms with van der Waals surface area (Å²) in [5.41, 5.74) is -0.531. The summed E-state index contributed by atoms with van der Waals surface area (Å²) in [4.78, 5) is 30.8. The van der Waals surface area contributed by atoms with E-state index in [1.54, 1.807) is 42.2 Å². The van der Waals surface area contributed by atoms with Crippen molar-refractivity contribution in [3.8, 4) is 0 Å². The molecule has 0 unspecified atom stereocenters. The van der Waals surface area contributed by atoms with Crippen LogP contribution in [-0.4, -0.2) is 40.1 Å². The van der Waals surface area contributed by atoms with E-state index < -0.39 is 11.7 Å². The highest BCUT2D eigenvalue weighted by Gasteiger charge is 2.34. The highest BCUT2D eigenvalue weighted by molar-refractivity contribution is 5.95. The van der Waals surface area contributed by atoms with E-state index in [1.165, 1.54) is 0 Å². The van der Waals surface area contributed by atoms with Crippen LogP contribution in [0.4, 0.5) is 0 Å². The molecule has 0 bridgehead atoms. The Balaban J connectivity index is 1.64. The predicted molar refractivity (Wildman–Crippen MR) is 90.7 cm³/mol. The first-order valence-corrected chi connectivity index (χ1v) is 8.29. The van der Waals surface area contributed by atoms with E-state index in [0.717, 1.165) is 0 Å². The molecular formula is C18H17N3O5. The van der Waals surface area contributed by atoms with E-state index in [0.29, 0.717) is 29.0 Å². The lowest BCUT2D eigenvalue weighted by atomic mass is 10.1. The molecule has 4 rings (SSSR count). The van der Waals surface area contributed by atoms with Crippen molar-refractivity contribution < 1.29 is 18.5 Å². The molecule has 1 aliphatic rings. The van der Waals surface area contributed by atoms with Crippen molar-refractivity contribution in [2.75, 3.05) is 13.1 Å². The summed E-state index contributed by atoms with van der Waals surface area (Å²) in [7, 11) is 0. The Hall–Kier alpha value is -3.00. The van der Waals surface area contributed by atoms with Crippen LogP contribution in [-0.2, 0) is 4.74 Å². The minimum absolute atomic E-state index is 0.00302. The number of benzene rings is 1. The molecule has 1 amide bonds. The van der Waals surface area contributed by atoms with Crippen molar-refractivity contribution in [2.24, 2.45) is 0 Å². The minimum atomic E-state index is -0.531. The van der Waals surface area contributed by atoms with E-state index in [9.17, 15) is 9.59 Å². The van der Waals surface area contributed by atoms with Gasteiger partial charge in [-0.15, -0.1) is 0 Å². The number of ether oxygens (including phenoxy) is 1. The maximum Gasteiger partial charge on any atom is 0.344 e. The lowest BCUT2D eigenvalue weighted by Gasteiger charge is -2.34. The summed E-state index contributed by atoms with van der Waals surface area (Å²) in [6.45, 7) is 4.18. The van der Waals surface area contributed by atoms with Crippen LogP contribution in [0.3, 0.4) is 0 Å². The van der Waals surface area contributed by atoms with Gasteiger partial charge in [0.05, 0.1) is 18.0 Å². The molecule has 0 aliphatic carbocycles. The maximum absolute atomic E-state index is 12.9. The van der Waals surface area contributed by atoms with Crippen LogP contribution in [0.2, 0.25) is 0 Å². The van der Waals surface area contributed by atoms with Gasteiger partial charge in [0.25, 0.3) is 11.8 Å². The van der Waals surface area contributed by atoms with Crippen molar-refractivity contribution in [2.45, 2.75) is 26.1 Å². The fourth-order valence-corrected chi connectivity index (χ4v) is 3.09. The van der Waals surface area contributed by atoms with E-state index in [2.05, 4.69) is 10.1 Å². The quantitative estimate of drug-likeness (QED) is 0.694. The van der Waals surface area contributed by atoms with Crippen LogP contribution in [0.25, 0.3) is 10.8 Å². The standard InChI is InChI=1S/C18H17N3O5/c1-10-8-21(9-15(24-10)16-19-11(2)20-26-16)17(22)14-7-12-5-3-4-6-13(12)18(23)25-14/h3-7,10,15H,8-9H2,1-2H3/t10-,15-/m1/s1. The zero-order chi connectivity index (χ0) is 18.3. The number of hydrogen-bond acceptors (Lipinski definition) is 7. The molecule has 3 heterocycles. The van der Waals surface area contributed by atoms with Gasteiger partial charge in [0.1, 0.15) is 0 Å². The molecule has 1 fully saturated rings. The summed E-state index contributed by atoms with van der Waals surface area (Å²) in [6, 6.07) is 8.59. The summed E-state index contributed by atoms with van der Waals surface area (Å²) < 4.78 is 16.2. The highest BCUT2D eigenvalue weighted by Crippen LogP contribution is 2.25. The molecule has 1 aliphatic heterocycles. The van der Waals surface area contributed by atoms with Crippen LogP contribution < -0.4 is 5.63 Å². The molecule has 2 atom stereocenters. The van der Waals surface area contributed by atoms with E-state index in [4.69, 9.17) is 13.7 Å². The fourth-order valence-electron chi connectivity index (χ4n) is 3.09. The van der Waals surface area contributed by atoms with E-state index >= 15 is 0 Å².